The largest absolute Gasteiger partial charge is 0.508 e. The third-order valence-electron chi connectivity index (χ3n) is 5.11. The number of rotatable bonds is 4. The molecule has 6 heteroatoms. The van der Waals surface area contributed by atoms with Crippen molar-refractivity contribution >= 4 is 23.2 Å². The van der Waals surface area contributed by atoms with Crippen LogP contribution in [0.2, 0.25) is 0 Å². The quantitative estimate of drug-likeness (QED) is 0.874. The minimum atomic E-state index is -0.0112. The first-order chi connectivity index (χ1) is 13.1. The molecule has 2 N–H and O–H groups in total. The maximum Gasteiger partial charge on any atom is 0.254 e. The summed E-state index contributed by atoms with van der Waals surface area (Å²) in [5.74, 6) is 0.420. The van der Waals surface area contributed by atoms with E-state index in [0.717, 1.165) is 31.6 Å². The molecule has 0 atom stereocenters. The number of aromatic hydroxyl groups is 1. The molecule has 0 unspecified atom stereocenters. The van der Waals surface area contributed by atoms with Crippen molar-refractivity contribution in [3.8, 4) is 5.75 Å². The van der Waals surface area contributed by atoms with E-state index in [2.05, 4.69) is 10.2 Å². The van der Waals surface area contributed by atoms with Gasteiger partial charge in [0.05, 0.1) is 0 Å². The van der Waals surface area contributed by atoms with Gasteiger partial charge in [-0.15, -0.1) is 0 Å². The highest BCUT2D eigenvalue weighted by Gasteiger charge is 2.29. The van der Waals surface area contributed by atoms with Crippen molar-refractivity contribution in [2.75, 3.05) is 36.4 Å². The maximum absolute atomic E-state index is 12.8. The van der Waals surface area contributed by atoms with Crippen molar-refractivity contribution in [3.05, 3.63) is 54.1 Å². The number of phenols is 1. The lowest BCUT2D eigenvalue weighted by atomic mass is 10.1. The molecule has 6 nitrogen and oxygen atoms in total. The van der Waals surface area contributed by atoms with Gasteiger partial charge < -0.3 is 20.2 Å². The molecule has 0 radical (unpaired) electrons. The number of piperazine rings is 1. The fourth-order valence-corrected chi connectivity index (χ4v) is 3.33. The Morgan fingerprint density at radius 3 is 2.33 bits per heavy atom. The minimum Gasteiger partial charge on any atom is -0.508 e. The molecule has 4 rings (SSSR count). The van der Waals surface area contributed by atoms with Crippen molar-refractivity contribution < 1.29 is 14.7 Å². The van der Waals surface area contributed by atoms with Crippen LogP contribution in [0.25, 0.3) is 0 Å². The van der Waals surface area contributed by atoms with Crippen LogP contribution in [-0.2, 0) is 4.79 Å². The average Bonchev–Trinajstić information content (AvgIpc) is 3.54. The molecule has 0 bridgehead atoms. The van der Waals surface area contributed by atoms with Gasteiger partial charge in [0.1, 0.15) is 5.75 Å². The summed E-state index contributed by atoms with van der Waals surface area (Å²) in [5, 5.41) is 12.3. The summed E-state index contributed by atoms with van der Waals surface area (Å²) in [4.78, 5) is 28.8. The Morgan fingerprint density at radius 2 is 1.67 bits per heavy atom. The van der Waals surface area contributed by atoms with E-state index < -0.39 is 0 Å². The second kappa shape index (κ2) is 7.31. The van der Waals surface area contributed by atoms with Crippen LogP contribution in [0.4, 0.5) is 11.4 Å². The van der Waals surface area contributed by atoms with Crippen molar-refractivity contribution in [1.82, 2.24) is 4.90 Å². The fraction of sp³-hybridized carbons (Fsp3) is 0.333. The molecule has 0 spiro atoms. The average molecular weight is 365 g/mol. The summed E-state index contributed by atoms with van der Waals surface area (Å²) < 4.78 is 0. The number of hydrogen-bond donors (Lipinski definition) is 2. The van der Waals surface area contributed by atoms with Crippen LogP contribution in [0.15, 0.2) is 48.5 Å². The Labute approximate surface area is 158 Å². The van der Waals surface area contributed by atoms with Gasteiger partial charge in [-0.1, -0.05) is 6.07 Å². The van der Waals surface area contributed by atoms with Gasteiger partial charge in [-0.25, -0.2) is 0 Å². The Kier molecular flexibility index (Phi) is 4.71. The number of carbonyl (C=O) groups excluding carboxylic acids is 2. The number of carbonyl (C=O) groups is 2. The third kappa shape index (κ3) is 4.05. The number of benzene rings is 2. The molecular formula is C21H23N3O3. The highest BCUT2D eigenvalue weighted by molar-refractivity contribution is 5.98. The summed E-state index contributed by atoms with van der Waals surface area (Å²) in [6.07, 6.45) is 1.91. The zero-order chi connectivity index (χ0) is 18.8. The summed E-state index contributed by atoms with van der Waals surface area (Å²) in [6.45, 7) is 2.76. The van der Waals surface area contributed by atoms with Crippen LogP contribution in [0, 0.1) is 5.92 Å². The SMILES string of the molecule is O=C(Nc1cccc(C(=O)N2CCN(c3ccc(O)cc3)CC2)c1)C1CC1. The van der Waals surface area contributed by atoms with Crippen LogP contribution in [0.1, 0.15) is 23.2 Å². The number of nitrogens with one attached hydrogen (secondary N) is 1. The lowest BCUT2D eigenvalue weighted by molar-refractivity contribution is -0.117. The minimum absolute atomic E-state index is 0.0112. The van der Waals surface area contributed by atoms with Crippen molar-refractivity contribution in [2.45, 2.75) is 12.8 Å². The number of phenolic OH excluding ortho intramolecular Hbond substituents is 1. The lowest BCUT2D eigenvalue weighted by Crippen LogP contribution is -2.48. The molecule has 1 heterocycles. The first-order valence-electron chi connectivity index (χ1n) is 9.34. The number of nitrogens with zero attached hydrogens (tertiary/aromatic N) is 2. The van der Waals surface area contributed by atoms with E-state index >= 15 is 0 Å². The van der Waals surface area contributed by atoms with Crippen molar-refractivity contribution in [1.29, 1.82) is 0 Å². The Balaban J connectivity index is 1.37. The molecule has 1 saturated carbocycles. The molecule has 2 amide bonds. The number of hydrogen-bond acceptors (Lipinski definition) is 4. The van der Waals surface area contributed by atoms with Gasteiger partial charge in [-0.2, -0.15) is 0 Å². The van der Waals surface area contributed by atoms with Gasteiger partial charge in [0.25, 0.3) is 5.91 Å². The standard InChI is InChI=1S/C21H23N3O3/c25-19-8-6-18(7-9-19)23-10-12-24(13-11-23)21(27)16-2-1-3-17(14-16)22-20(26)15-4-5-15/h1-3,6-9,14-15,25H,4-5,10-13H2,(H,22,26). The Hall–Kier alpha value is -3.02. The van der Waals surface area contributed by atoms with Gasteiger partial charge in [-0.05, 0) is 55.3 Å². The molecule has 1 saturated heterocycles. The lowest BCUT2D eigenvalue weighted by Gasteiger charge is -2.36. The number of anilines is 2. The predicted molar refractivity (Wildman–Crippen MR) is 104 cm³/mol. The smallest absolute Gasteiger partial charge is 0.254 e. The monoisotopic (exact) mass is 365 g/mol. The van der Waals surface area contributed by atoms with Crippen LogP contribution in [-0.4, -0.2) is 48.0 Å². The zero-order valence-electron chi connectivity index (χ0n) is 15.1. The molecule has 0 aromatic heterocycles. The van der Waals surface area contributed by atoms with Crippen molar-refractivity contribution in [2.24, 2.45) is 5.92 Å². The molecule has 2 aromatic carbocycles. The predicted octanol–water partition coefficient (Wildman–Crippen LogP) is 2.70. The fourth-order valence-electron chi connectivity index (χ4n) is 3.33. The normalized spacial score (nSPS) is 16.9. The second-order valence-electron chi connectivity index (χ2n) is 7.14. The van der Waals surface area contributed by atoms with E-state index in [4.69, 9.17) is 0 Å². The molecule has 140 valence electrons. The van der Waals surface area contributed by atoms with E-state index in [1.165, 1.54) is 0 Å². The maximum atomic E-state index is 12.8. The van der Waals surface area contributed by atoms with E-state index in [9.17, 15) is 14.7 Å². The molecule has 2 fully saturated rings. The van der Waals surface area contributed by atoms with Gasteiger partial charge >= 0.3 is 0 Å². The molecule has 2 aliphatic rings. The molecule has 2 aromatic rings. The van der Waals surface area contributed by atoms with E-state index in [1.54, 1.807) is 24.3 Å². The summed E-state index contributed by atoms with van der Waals surface area (Å²) in [7, 11) is 0. The second-order valence-corrected chi connectivity index (χ2v) is 7.14. The molecule has 27 heavy (non-hydrogen) atoms. The van der Waals surface area contributed by atoms with Gasteiger partial charge in [0, 0.05) is 49.0 Å². The molecule has 1 aliphatic carbocycles. The third-order valence-corrected chi connectivity index (χ3v) is 5.11. The van der Waals surface area contributed by atoms with Gasteiger partial charge in [-0.3, -0.25) is 9.59 Å². The van der Waals surface area contributed by atoms with Crippen LogP contribution in [0.5, 0.6) is 5.75 Å². The zero-order valence-corrected chi connectivity index (χ0v) is 15.1. The topological polar surface area (TPSA) is 72.9 Å². The van der Waals surface area contributed by atoms with Crippen LogP contribution in [0.3, 0.4) is 0 Å². The van der Waals surface area contributed by atoms with Gasteiger partial charge in [0.15, 0.2) is 0 Å². The first-order valence-corrected chi connectivity index (χ1v) is 9.34. The molecular weight excluding hydrogens is 342 g/mol. The number of amides is 2. The highest BCUT2D eigenvalue weighted by Crippen LogP contribution is 2.30. The van der Waals surface area contributed by atoms with Crippen LogP contribution >= 0.6 is 0 Å². The van der Waals surface area contributed by atoms with Crippen LogP contribution < -0.4 is 10.2 Å². The summed E-state index contributed by atoms with van der Waals surface area (Å²) in [6, 6.07) is 14.3. The van der Waals surface area contributed by atoms with Crippen molar-refractivity contribution in [3.63, 3.8) is 0 Å². The van der Waals surface area contributed by atoms with E-state index in [-0.39, 0.29) is 23.5 Å². The summed E-state index contributed by atoms with van der Waals surface area (Å²) in [5.41, 5.74) is 2.33. The summed E-state index contributed by atoms with van der Waals surface area (Å²) >= 11 is 0. The highest BCUT2D eigenvalue weighted by atomic mass is 16.3. The Bertz CT molecular complexity index is 838. The van der Waals surface area contributed by atoms with E-state index in [1.807, 2.05) is 29.2 Å². The Morgan fingerprint density at radius 1 is 0.963 bits per heavy atom. The van der Waals surface area contributed by atoms with Gasteiger partial charge in [0.2, 0.25) is 5.91 Å². The van der Waals surface area contributed by atoms with E-state index in [0.29, 0.717) is 24.3 Å². The first kappa shape index (κ1) is 17.4. The molecule has 1 aliphatic heterocycles.